The summed E-state index contributed by atoms with van der Waals surface area (Å²) in [6.45, 7) is 0.00973. The van der Waals surface area contributed by atoms with Crippen molar-refractivity contribution in [2.45, 2.75) is 0 Å². The number of carbonyl (C=O) groups is 1. The van der Waals surface area contributed by atoms with Gasteiger partial charge in [0, 0.05) is 15.7 Å². The summed E-state index contributed by atoms with van der Waals surface area (Å²) in [7, 11) is 1.59. The minimum Gasteiger partial charge on any atom is -0.497 e. The second kappa shape index (κ2) is 7.80. The first-order chi connectivity index (χ1) is 12.1. The van der Waals surface area contributed by atoms with Crippen LogP contribution in [0, 0.1) is 0 Å². The number of aromatic nitrogens is 2. The molecule has 2 aromatic carbocycles. The lowest BCUT2D eigenvalue weighted by molar-refractivity contribution is -0.114. The van der Waals surface area contributed by atoms with Crippen LogP contribution >= 0.6 is 15.9 Å². The van der Waals surface area contributed by atoms with E-state index in [9.17, 15) is 4.79 Å². The predicted octanol–water partition coefficient (Wildman–Crippen LogP) is 3.56. The molecule has 7 nitrogen and oxygen atoms in total. The number of benzene rings is 2. The molecule has 1 heterocycles. The van der Waals surface area contributed by atoms with E-state index in [1.165, 1.54) is 0 Å². The maximum Gasteiger partial charge on any atom is 0.322 e. The van der Waals surface area contributed by atoms with Gasteiger partial charge in [-0.05, 0) is 36.4 Å². The van der Waals surface area contributed by atoms with Gasteiger partial charge in [-0.3, -0.25) is 4.79 Å². The van der Waals surface area contributed by atoms with Gasteiger partial charge in [-0.25, -0.2) is 0 Å². The van der Waals surface area contributed by atoms with Crippen LogP contribution in [-0.4, -0.2) is 29.7 Å². The predicted molar refractivity (Wildman–Crippen MR) is 97.5 cm³/mol. The molecule has 0 aliphatic rings. The fourth-order valence-electron chi connectivity index (χ4n) is 2.07. The SMILES string of the molecule is COc1cccc(-c2noc(NCC(=O)Nc3ccc(Br)cc3)n2)c1. The molecule has 0 saturated carbocycles. The molecule has 0 aliphatic heterocycles. The molecule has 1 aromatic heterocycles. The van der Waals surface area contributed by atoms with Crippen molar-refractivity contribution in [2.75, 3.05) is 24.3 Å². The van der Waals surface area contributed by atoms with Gasteiger partial charge in [-0.1, -0.05) is 33.2 Å². The first kappa shape index (κ1) is 17.0. The number of anilines is 2. The van der Waals surface area contributed by atoms with Crippen LogP contribution in [0.3, 0.4) is 0 Å². The van der Waals surface area contributed by atoms with Gasteiger partial charge < -0.3 is 19.9 Å². The third-order valence-corrected chi connectivity index (χ3v) is 3.81. The first-order valence-corrected chi connectivity index (χ1v) is 8.21. The summed E-state index contributed by atoms with van der Waals surface area (Å²) >= 11 is 3.34. The van der Waals surface area contributed by atoms with E-state index in [1.807, 2.05) is 30.3 Å². The molecule has 0 atom stereocenters. The highest BCUT2D eigenvalue weighted by atomic mass is 79.9. The summed E-state index contributed by atoms with van der Waals surface area (Å²) in [4.78, 5) is 16.2. The Balaban J connectivity index is 1.57. The van der Waals surface area contributed by atoms with Crippen molar-refractivity contribution in [3.63, 3.8) is 0 Å². The molecule has 0 bridgehead atoms. The number of hydrogen-bond donors (Lipinski definition) is 2. The lowest BCUT2D eigenvalue weighted by Gasteiger charge is -2.05. The highest BCUT2D eigenvalue weighted by Crippen LogP contribution is 2.22. The molecule has 0 unspecified atom stereocenters. The topological polar surface area (TPSA) is 89.3 Å². The number of nitrogens with zero attached hydrogens (tertiary/aromatic N) is 2. The lowest BCUT2D eigenvalue weighted by Crippen LogP contribution is -2.21. The summed E-state index contributed by atoms with van der Waals surface area (Å²) in [6.07, 6.45) is 0. The molecule has 128 valence electrons. The molecular formula is C17H15BrN4O3. The van der Waals surface area contributed by atoms with Crippen molar-refractivity contribution in [3.05, 3.63) is 53.0 Å². The molecular weight excluding hydrogens is 388 g/mol. The van der Waals surface area contributed by atoms with Gasteiger partial charge in [0.25, 0.3) is 0 Å². The number of methoxy groups -OCH3 is 1. The molecule has 8 heteroatoms. The van der Waals surface area contributed by atoms with E-state index >= 15 is 0 Å². The van der Waals surface area contributed by atoms with Gasteiger partial charge in [0.15, 0.2) is 0 Å². The zero-order valence-corrected chi connectivity index (χ0v) is 14.9. The molecule has 25 heavy (non-hydrogen) atoms. The van der Waals surface area contributed by atoms with Crippen LogP contribution in [-0.2, 0) is 4.79 Å². The van der Waals surface area contributed by atoms with Crippen LogP contribution in [0.25, 0.3) is 11.4 Å². The lowest BCUT2D eigenvalue weighted by atomic mass is 10.2. The Kier molecular flexibility index (Phi) is 5.30. The number of carbonyl (C=O) groups excluding carboxylic acids is 1. The molecule has 3 aromatic rings. The average Bonchev–Trinajstić information content (AvgIpc) is 3.11. The van der Waals surface area contributed by atoms with Gasteiger partial charge in [0.05, 0.1) is 13.7 Å². The number of rotatable bonds is 6. The summed E-state index contributed by atoms with van der Waals surface area (Å²) < 4.78 is 11.2. The Labute approximate surface area is 152 Å². The quantitative estimate of drug-likeness (QED) is 0.654. The second-order valence-electron chi connectivity index (χ2n) is 5.06. The summed E-state index contributed by atoms with van der Waals surface area (Å²) in [6, 6.07) is 14.8. The molecule has 3 rings (SSSR count). The van der Waals surface area contributed by atoms with E-state index in [-0.39, 0.29) is 18.5 Å². The fraction of sp³-hybridized carbons (Fsp3) is 0.118. The minimum absolute atomic E-state index is 0.00973. The van der Waals surface area contributed by atoms with Crippen LogP contribution in [0.4, 0.5) is 11.7 Å². The Morgan fingerprint density at radius 3 is 2.80 bits per heavy atom. The maximum atomic E-state index is 11.9. The Morgan fingerprint density at radius 2 is 2.04 bits per heavy atom. The number of amides is 1. The van der Waals surface area contributed by atoms with Crippen molar-refractivity contribution in [1.29, 1.82) is 0 Å². The van der Waals surface area contributed by atoms with Crippen molar-refractivity contribution in [1.82, 2.24) is 10.1 Å². The summed E-state index contributed by atoms with van der Waals surface area (Å²) in [5, 5.41) is 9.46. The number of halogens is 1. The van der Waals surface area contributed by atoms with Gasteiger partial charge in [-0.15, -0.1) is 0 Å². The van der Waals surface area contributed by atoms with Crippen LogP contribution < -0.4 is 15.4 Å². The van der Waals surface area contributed by atoms with Crippen LogP contribution in [0.5, 0.6) is 5.75 Å². The largest absolute Gasteiger partial charge is 0.497 e. The third-order valence-electron chi connectivity index (χ3n) is 3.28. The van der Waals surface area contributed by atoms with Gasteiger partial charge in [0.2, 0.25) is 11.7 Å². The molecule has 2 N–H and O–H groups in total. The van der Waals surface area contributed by atoms with Crippen molar-refractivity contribution < 1.29 is 14.1 Å². The zero-order chi connectivity index (χ0) is 17.6. The Morgan fingerprint density at radius 1 is 1.24 bits per heavy atom. The molecule has 0 spiro atoms. The van der Waals surface area contributed by atoms with Crippen molar-refractivity contribution >= 4 is 33.5 Å². The molecule has 0 fully saturated rings. The molecule has 0 radical (unpaired) electrons. The van der Waals surface area contributed by atoms with E-state index < -0.39 is 0 Å². The van der Waals surface area contributed by atoms with E-state index in [0.29, 0.717) is 17.3 Å². The van der Waals surface area contributed by atoms with E-state index in [2.05, 4.69) is 36.7 Å². The van der Waals surface area contributed by atoms with Crippen molar-refractivity contribution in [3.8, 4) is 17.1 Å². The summed E-state index contributed by atoms with van der Waals surface area (Å²) in [5.74, 6) is 0.892. The second-order valence-corrected chi connectivity index (χ2v) is 5.98. The normalized spacial score (nSPS) is 10.3. The highest BCUT2D eigenvalue weighted by molar-refractivity contribution is 9.10. The van der Waals surface area contributed by atoms with Crippen LogP contribution in [0.15, 0.2) is 57.5 Å². The third kappa shape index (κ3) is 4.57. The van der Waals surface area contributed by atoms with E-state index in [0.717, 1.165) is 10.0 Å². The first-order valence-electron chi connectivity index (χ1n) is 7.41. The summed E-state index contributed by atoms with van der Waals surface area (Å²) in [5.41, 5.74) is 1.47. The van der Waals surface area contributed by atoms with Crippen LogP contribution in [0.1, 0.15) is 0 Å². The van der Waals surface area contributed by atoms with Crippen LogP contribution in [0.2, 0.25) is 0 Å². The van der Waals surface area contributed by atoms with E-state index in [1.54, 1.807) is 25.3 Å². The Hall–Kier alpha value is -2.87. The standard InChI is InChI=1S/C17H15BrN4O3/c1-24-14-4-2-3-11(9-14)16-21-17(25-22-16)19-10-15(23)20-13-7-5-12(18)6-8-13/h2-9H,10H2,1H3,(H,20,23)(H,19,21,22). The Bertz CT molecular complexity index is 864. The van der Waals surface area contributed by atoms with E-state index in [4.69, 9.17) is 9.26 Å². The maximum absolute atomic E-state index is 11.9. The molecule has 0 saturated heterocycles. The number of nitrogens with one attached hydrogen (secondary N) is 2. The highest BCUT2D eigenvalue weighted by Gasteiger charge is 2.10. The number of ether oxygens (including phenoxy) is 1. The average molecular weight is 403 g/mol. The zero-order valence-electron chi connectivity index (χ0n) is 13.3. The van der Waals surface area contributed by atoms with Gasteiger partial charge >= 0.3 is 6.01 Å². The molecule has 0 aliphatic carbocycles. The van der Waals surface area contributed by atoms with Gasteiger partial charge in [-0.2, -0.15) is 4.98 Å². The number of hydrogen-bond acceptors (Lipinski definition) is 6. The minimum atomic E-state index is -0.219. The fourth-order valence-corrected chi connectivity index (χ4v) is 2.33. The van der Waals surface area contributed by atoms with Crippen molar-refractivity contribution in [2.24, 2.45) is 0 Å². The smallest absolute Gasteiger partial charge is 0.322 e. The molecule has 1 amide bonds. The van der Waals surface area contributed by atoms with Gasteiger partial charge in [0.1, 0.15) is 5.75 Å². The monoisotopic (exact) mass is 402 g/mol.